The Hall–Kier alpha value is -1.82. The van der Waals surface area contributed by atoms with Gasteiger partial charge in [0, 0.05) is 12.3 Å². The number of rotatable bonds is 4. The molecule has 1 aromatic heterocycles. The van der Waals surface area contributed by atoms with Gasteiger partial charge in [0.15, 0.2) is 5.82 Å². The maximum Gasteiger partial charge on any atom is 0.233 e. The number of thioether (sulfide) groups is 1. The van der Waals surface area contributed by atoms with Gasteiger partial charge in [0.1, 0.15) is 5.82 Å². The minimum absolute atomic E-state index is 0.183. The number of aromatic nitrogens is 3. The van der Waals surface area contributed by atoms with Gasteiger partial charge < -0.3 is 9.47 Å². The first kappa shape index (κ1) is 17.0. The summed E-state index contributed by atoms with van der Waals surface area (Å²) in [6, 6.07) is 6.79. The molecule has 1 aliphatic heterocycles. The molecular weight excluding hydrogens is 320 g/mol. The van der Waals surface area contributed by atoms with Gasteiger partial charge in [-0.2, -0.15) is 0 Å². The van der Waals surface area contributed by atoms with Gasteiger partial charge >= 0.3 is 0 Å². The average molecular weight is 344 g/mol. The van der Waals surface area contributed by atoms with Gasteiger partial charge in [0.2, 0.25) is 5.91 Å². The standard InChI is InChI=1S/C18H24N4OS/c1-12-5-13(2)7-16(6-12)10-24-11-18(23)21-8-14(3)22-15(4)19-20-17(22)9-21/h5-7,14H,8-11H2,1-4H3/t14-/m1/s1. The molecule has 0 spiro atoms. The summed E-state index contributed by atoms with van der Waals surface area (Å²) in [5, 5.41) is 8.33. The number of amides is 1. The minimum atomic E-state index is 0.183. The lowest BCUT2D eigenvalue weighted by molar-refractivity contribution is -0.130. The molecule has 0 N–H and O–H groups in total. The van der Waals surface area contributed by atoms with Gasteiger partial charge in [0.05, 0.1) is 18.3 Å². The van der Waals surface area contributed by atoms with Crippen molar-refractivity contribution >= 4 is 17.7 Å². The number of benzene rings is 1. The van der Waals surface area contributed by atoms with Crippen LogP contribution in [0.1, 0.15) is 41.3 Å². The Labute approximate surface area is 147 Å². The molecule has 128 valence electrons. The highest BCUT2D eigenvalue weighted by atomic mass is 32.2. The molecule has 0 bridgehead atoms. The number of carbonyl (C=O) groups is 1. The Morgan fingerprint density at radius 1 is 1.21 bits per heavy atom. The lowest BCUT2D eigenvalue weighted by Gasteiger charge is -2.32. The predicted molar refractivity (Wildman–Crippen MR) is 97.0 cm³/mol. The van der Waals surface area contributed by atoms with Crippen molar-refractivity contribution in [1.82, 2.24) is 19.7 Å². The maximum atomic E-state index is 12.5. The number of aryl methyl sites for hydroxylation is 3. The summed E-state index contributed by atoms with van der Waals surface area (Å²) < 4.78 is 2.13. The van der Waals surface area contributed by atoms with E-state index in [0.29, 0.717) is 12.3 Å². The van der Waals surface area contributed by atoms with Crippen LogP contribution in [0.25, 0.3) is 0 Å². The van der Waals surface area contributed by atoms with Gasteiger partial charge in [-0.05, 0) is 33.3 Å². The molecule has 0 aliphatic carbocycles. The Morgan fingerprint density at radius 2 is 1.92 bits per heavy atom. The molecule has 1 aliphatic rings. The van der Waals surface area contributed by atoms with Gasteiger partial charge in [-0.1, -0.05) is 29.3 Å². The summed E-state index contributed by atoms with van der Waals surface area (Å²) in [5.41, 5.74) is 3.83. The van der Waals surface area contributed by atoms with E-state index in [1.807, 2.05) is 11.8 Å². The Kier molecular flexibility index (Phi) is 4.94. The normalized spacial score (nSPS) is 17.0. The smallest absolute Gasteiger partial charge is 0.233 e. The molecule has 0 radical (unpaired) electrons. The highest BCUT2D eigenvalue weighted by Crippen LogP contribution is 2.22. The second kappa shape index (κ2) is 6.97. The summed E-state index contributed by atoms with van der Waals surface area (Å²) >= 11 is 1.68. The SMILES string of the molecule is Cc1cc(C)cc(CSCC(=O)N2Cc3nnc(C)n3[C@H](C)C2)c1. The fourth-order valence-electron chi connectivity index (χ4n) is 3.42. The van der Waals surface area contributed by atoms with E-state index in [1.165, 1.54) is 16.7 Å². The third kappa shape index (κ3) is 3.64. The number of hydrogen-bond donors (Lipinski definition) is 0. The predicted octanol–water partition coefficient (Wildman–Crippen LogP) is 3.04. The van der Waals surface area contributed by atoms with E-state index in [4.69, 9.17) is 0 Å². The number of carbonyl (C=O) groups excluding carboxylic acids is 1. The fourth-order valence-corrected chi connectivity index (χ4v) is 4.28. The summed E-state index contributed by atoms with van der Waals surface area (Å²) in [5.74, 6) is 3.37. The molecule has 0 saturated carbocycles. The lowest BCUT2D eigenvalue weighted by Crippen LogP contribution is -2.41. The highest BCUT2D eigenvalue weighted by Gasteiger charge is 2.27. The van der Waals surface area contributed by atoms with Crippen molar-refractivity contribution in [2.75, 3.05) is 12.3 Å². The summed E-state index contributed by atoms with van der Waals surface area (Å²) in [6.07, 6.45) is 0. The van der Waals surface area contributed by atoms with Crippen molar-refractivity contribution in [2.45, 2.75) is 46.0 Å². The molecule has 2 heterocycles. The number of nitrogens with zero attached hydrogens (tertiary/aromatic N) is 4. The zero-order chi connectivity index (χ0) is 17.3. The molecule has 0 fully saturated rings. The molecule has 0 unspecified atom stereocenters. The number of hydrogen-bond acceptors (Lipinski definition) is 4. The molecule has 1 aromatic carbocycles. The van der Waals surface area contributed by atoms with Gasteiger partial charge in [-0.25, -0.2) is 0 Å². The van der Waals surface area contributed by atoms with Crippen LogP contribution in [0.4, 0.5) is 0 Å². The van der Waals surface area contributed by atoms with Crippen LogP contribution < -0.4 is 0 Å². The van der Waals surface area contributed by atoms with E-state index in [-0.39, 0.29) is 11.9 Å². The second-order valence-electron chi connectivity index (χ2n) is 6.65. The Bertz CT molecular complexity index is 735. The van der Waals surface area contributed by atoms with E-state index >= 15 is 0 Å². The lowest BCUT2D eigenvalue weighted by atomic mass is 10.1. The molecule has 5 nitrogen and oxygen atoms in total. The van der Waals surface area contributed by atoms with E-state index in [0.717, 1.165) is 23.9 Å². The molecule has 24 heavy (non-hydrogen) atoms. The number of fused-ring (bicyclic) bond motifs is 1. The molecule has 3 rings (SSSR count). The van der Waals surface area contributed by atoms with E-state index in [9.17, 15) is 4.79 Å². The van der Waals surface area contributed by atoms with Crippen molar-refractivity contribution < 1.29 is 4.79 Å². The van der Waals surface area contributed by atoms with Crippen LogP contribution in [0.2, 0.25) is 0 Å². The molecule has 6 heteroatoms. The first-order valence-corrected chi connectivity index (χ1v) is 9.42. The van der Waals surface area contributed by atoms with Crippen molar-refractivity contribution in [1.29, 1.82) is 0 Å². The zero-order valence-corrected chi connectivity index (χ0v) is 15.6. The van der Waals surface area contributed by atoms with Crippen molar-refractivity contribution in [3.8, 4) is 0 Å². The Morgan fingerprint density at radius 3 is 2.62 bits per heavy atom. The van der Waals surface area contributed by atoms with Crippen LogP contribution in [0.15, 0.2) is 18.2 Å². The first-order valence-electron chi connectivity index (χ1n) is 8.27. The van der Waals surface area contributed by atoms with Crippen LogP contribution >= 0.6 is 11.8 Å². The van der Waals surface area contributed by atoms with Crippen molar-refractivity contribution in [3.05, 3.63) is 46.5 Å². The van der Waals surface area contributed by atoms with E-state index in [2.05, 4.69) is 53.7 Å². The van der Waals surface area contributed by atoms with Crippen LogP contribution in [0.5, 0.6) is 0 Å². The van der Waals surface area contributed by atoms with E-state index in [1.54, 1.807) is 11.8 Å². The van der Waals surface area contributed by atoms with Crippen LogP contribution in [-0.4, -0.2) is 37.9 Å². The van der Waals surface area contributed by atoms with Gasteiger partial charge in [-0.3, -0.25) is 4.79 Å². The molecule has 2 aromatic rings. The summed E-state index contributed by atoms with van der Waals surface area (Å²) in [6.45, 7) is 9.59. The van der Waals surface area contributed by atoms with Crippen molar-refractivity contribution in [3.63, 3.8) is 0 Å². The third-order valence-electron chi connectivity index (χ3n) is 4.32. The average Bonchev–Trinajstić information content (AvgIpc) is 2.88. The van der Waals surface area contributed by atoms with Crippen LogP contribution in [0, 0.1) is 20.8 Å². The third-order valence-corrected chi connectivity index (χ3v) is 5.31. The largest absolute Gasteiger partial charge is 0.332 e. The molecule has 1 amide bonds. The van der Waals surface area contributed by atoms with Crippen LogP contribution in [0.3, 0.4) is 0 Å². The van der Waals surface area contributed by atoms with Gasteiger partial charge in [-0.15, -0.1) is 22.0 Å². The van der Waals surface area contributed by atoms with Gasteiger partial charge in [0.25, 0.3) is 0 Å². The summed E-state index contributed by atoms with van der Waals surface area (Å²) in [7, 11) is 0. The van der Waals surface area contributed by atoms with Crippen molar-refractivity contribution in [2.24, 2.45) is 0 Å². The highest BCUT2D eigenvalue weighted by molar-refractivity contribution is 7.99. The fraction of sp³-hybridized carbons (Fsp3) is 0.500. The van der Waals surface area contributed by atoms with Crippen LogP contribution in [-0.2, 0) is 17.1 Å². The minimum Gasteiger partial charge on any atom is -0.332 e. The summed E-state index contributed by atoms with van der Waals surface area (Å²) in [4.78, 5) is 14.4. The maximum absolute atomic E-state index is 12.5. The molecule has 1 atom stereocenters. The molecule has 0 saturated heterocycles. The topological polar surface area (TPSA) is 51.0 Å². The zero-order valence-electron chi connectivity index (χ0n) is 14.7. The monoisotopic (exact) mass is 344 g/mol. The quantitative estimate of drug-likeness (QED) is 0.855. The molecular formula is C18H24N4OS. The Balaban J connectivity index is 1.56. The second-order valence-corrected chi connectivity index (χ2v) is 7.63. The first-order chi connectivity index (χ1) is 11.4. The van der Waals surface area contributed by atoms with E-state index < -0.39 is 0 Å².